The molecule has 0 spiro atoms. The molecule has 0 saturated carbocycles. The number of amides is 1. The fourth-order valence-electron chi connectivity index (χ4n) is 2.31. The molecule has 0 atom stereocenters. The topological polar surface area (TPSA) is 77.1 Å². The van der Waals surface area contributed by atoms with Crippen molar-refractivity contribution in [3.8, 4) is 0 Å². The number of carbonyl (C=O) groups excluding carboxylic acids is 1. The smallest absolute Gasteiger partial charge is 0.256 e. The summed E-state index contributed by atoms with van der Waals surface area (Å²) in [5, 5.41) is 3.08. The largest absolute Gasteiger partial charge is 0.398 e. The number of nitrogens with zero attached hydrogens (tertiary/aromatic N) is 1. The maximum Gasteiger partial charge on any atom is 0.256 e. The van der Waals surface area contributed by atoms with Gasteiger partial charge in [0.1, 0.15) is 5.56 Å². The highest BCUT2D eigenvalue weighted by molar-refractivity contribution is 6.00. The lowest BCUT2D eigenvalue weighted by Crippen LogP contribution is -2.30. The molecular formula is C15H19N3O2. The normalized spacial score (nSPS) is 10.7. The molecule has 5 heteroatoms. The number of benzene rings is 1. The van der Waals surface area contributed by atoms with E-state index in [0.29, 0.717) is 17.6 Å². The highest BCUT2D eigenvalue weighted by Gasteiger charge is 2.16. The summed E-state index contributed by atoms with van der Waals surface area (Å²) in [6.07, 6.45) is 2.53. The van der Waals surface area contributed by atoms with Crippen molar-refractivity contribution in [2.75, 3.05) is 12.3 Å². The van der Waals surface area contributed by atoms with E-state index in [0.717, 1.165) is 18.5 Å². The fraction of sp³-hybridized carbons (Fsp3) is 0.333. The molecule has 3 N–H and O–H groups in total. The lowest BCUT2D eigenvalue weighted by Gasteiger charge is -2.13. The zero-order valence-electron chi connectivity index (χ0n) is 11.8. The number of aryl methyl sites for hydroxylation is 1. The fourth-order valence-corrected chi connectivity index (χ4v) is 2.31. The van der Waals surface area contributed by atoms with Gasteiger partial charge in [0.05, 0.1) is 10.9 Å². The Bertz CT molecular complexity index is 704. The Labute approximate surface area is 117 Å². The Morgan fingerprint density at radius 3 is 2.75 bits per heavy atom. The minimum atomic E-state index is -0.354. The molecule has 5 nitrogen and oxygen atoms in total. The van der Waals surface area contributed by atoms with Crippen molar-refractivity contribution >= 4 is 22.5 Å². The average molecular weight is 273 g/mol. The summed E-state index contributed by atoms with van der Waals surface area (Å²) < 4.78 is 1.91. The van der Waals surface area contributed by atoms with Gasteiger partial charge in [0.25, 0.3) is 5.91 Å². The molecule has 0 bridgehead atoms. The molecule has 0 unspecified atom stereocenters. The molecule has 2 aromatic rings. The van der Waals surface area contributed by atoms with Crippen LogP contribution in [0.1, 0.15) is 30.6 Å². The second-order valence-electron chi connectivity index (χ2n) is 4.67. The second kappa shape index (κ2) is 5.77. The van der Waals surface area contributed by atoms with Gasteiger partial charge in [0, 0.05) is 25.0 Å². The Balaban J connectivity index is 2.78. The number of nitrogens with one attached hydrogen (secondary N) is 1. The van der Waals surface area contributed by atoms with Gasteiger partial charge in [-0.15, -0.1) is 0 Å². The van der Waals surface area contributed by atoms with E-state index in [9.17, 15) is 9.59 Å². The minimum absolute atomic E-state index is 0.144. The minimum Gasteiger partial charge on any atom is -0.398 e. The number of hydrogen-bond donors (Lipinski definition) is 2. The van der Waals surface area contributed by atoms with E-state index in [1.54, 1.807) is 12.3 Å². The Morgan fingerprint density at radius 1 is 1.35 bits per heavy atom. The number of anilines is 1. The quantitative estimate of drug-likeness (QED) is 0.833. The van der Waals surface area contributed by atoms with Crippen LogP contribution in [0, 0.1) is 0 Å². The van der Waals surface area contributed by atoms with E-state index in [1.165, 1.54) is 0 Å². The van der Waals surface area contributed by atoms with Crippen LogP contribution < -0.4 is 16.5 Å². The van der Waals surface area contributed by atoms with Crippen LogP contribution in [0.15, 0.2) is 29.2 Å². The van der Waals surface area contributed by atoms with Crippen LogP contribution in [0.5, 0.6) is 0 Å². The molecule has 106 valence electrons. The van der Waals surface area contributed by atoms with Crippen molar-refractivity contribution in [1.82, 2.24) is 9.88 Å². The van der Waals surface area contributed by atoms with Gasteiger partial charge in [0.15, 0.2) is 0 Å². The van der Waals surface area contributed by atoms with Crippen molar-refractivity contribution in [3.05, 3.63) is 40.2 Å². The van der Waals surface area contributed by atoms with Crippen LogP contribution >= 0.6 is 0 Å². The maximum atomic E-state index is 12.5. The summed E-state index contributed by atoms with van der Waals surface area (Å²) in [6.45, 7) is 5.07. The van der Waals surface area contributed by atoms with E-state index >= 15 is 0 Å². The van der Waals surface area contributed by atoms with Crippen LogP contribution in [0.25, 0.3) is 10.9 Å². The summed E-state index contributed by atoms with van der Waals surface area (Å²) in [5.41, 5.74) is 6.93. The van der Waals surface area contributed by atoms with E-state index in [-0.39, 0.29) is 16.9 Å². The Morgan fingerprint density at radius 2 is 2.10 bits per heavy atom. The predicted octanol–water partition coefficient (Wildman–Crippen LogP) is 1.74. The third kappa shape index (κ3) is 2.39. The van der Waals surface area contributed by atoms with Gasteiger partial charge >= 0.3 is 0 Å². The summed E-state index contributed by atoms with van der Waals surface area (Å²) in [4.78, 5) is 24.5. The number of nitrogens with two attached hydrogens (primary N) is 1. The second-order valence-corrected chi connectivity index (χ2v) is 4.67. The summed E-state index contributed by atoms with van der Waals surface area (Å²) >= 11 is 0. The van der Waals surface area contributed by atoms with E-state index < -0.39 is 0 Å². The van der Waals surface area contributed by atoms with Crippen LogP contribution in [-0.4, -0.2) is 17.0 Å². The van der Waals surface area contributed by atoms with Crippen LogP contribution in [0.2, 0.25) is 0 Å². The Kier molecular flexibility index (Phi) is 4.08. The highest BCUT2D eigenvalue weighted by Crippen LogP contribution is 2.18. The van der Waals surface area contributed by atoms with Crippen molar-refractivity contribution < 1.29 is 4.79 Å². The number of nitrogen functional groups attached to an aromatic ring is 1. The number of rotatable bonds is 4. The SMILES string of the molecule is CCCn1cc(C(=O)NCC)c(=O)c2c(N)cccc21. The van der Waals surface area contributed by atoms with Crippen molar-refractivity contribution in [1.29, 1.82) is 0 Å². The third-order valence-electron chi connectivity index (χ3n) is 3.19. The molecule has 0 aliphatic heterocycles. The Hall–Kier alpha value is -2.30. The van der Waals surface area contributed by atoms with Gasteiger partial charge in [-0.25, -0.2) is 0 Å². The van der Waals surface area contributed by atoms with Crippen LogP contribution in [0.3, 0.4) is 0 Å². The van der Waals surface area contributed by atoms with Gasteiger partial charge in [-0.05, 0) is 25.5 Å². The molecule has 20 heavy (non-hydrogen) atoms. The summed E-state index contributed by atoms with van der Waals surface area (Å²) in [5.74, 6) is -0.354. The summed E-state index contributed by atoms with van der Waals surface area (Å²) in [6, 6.07) is 5.35. The molecule has 0 aliphatic carbocycles. The number of aromatic nitrogens is 1. The molecule has 0 saturated heterocycles. The zero-order chi connectivity index (χ0) is 14.7. The van der Waals surface area contributed by atoms with Gasteiger partial charge in [-0.1, -0.05) is 13.0 Å². The molecule has 0 fully saturated rings. The third-order valence-corrected chi connectivity index (χ3v) is 3.19. The standard InChI is InChI=1S/C15H19N3O2/c1-3-8-18-9-10(15(20)17-4-2)14(19)13-11(16)6-5-7-12(13)18/h5-7,9H,3-4,8,16H2,1-2H3,(H,17,20). The molecule has 1 amide bonds. The maximum absolute atomic E-state index is 12.5. The van der Waals surface area contributed by atoms with Crippen LogP contribution in [-0.2, 0) is 6.54 Å². The molecule has 1 aromatic heterocycles. The van der Waals surface area contributed by atoms with E-state index in [2.05, 4.69) is 5.32 Å². The first kappa shape index (κ1) is 14.1. The first-order chi connectivity index (χ1) is 9.60. The molecular weight excluding hydrogens is 254 g/mol. The number of hydrogen-bond acceptors (Lipinski definition) is 3. The molecule has 1 aromatic carbocycles. The average Bonchev–Trinajstić information content (AvgIpc) is 2.42. The van der Waals surface area contributed by atoms with Gasteiger partial charge in [-0.2, -0.15) is 0 Å². The number of pyridine rings is 1. The van der Waals surface area contributed by atoms with Crippen molar-refractivity contribution in [2.24, 2.45) is 0 Å². The monoisotopic (exact) mass is 273 g/mol. The molecule has 0 aliphatic rings. The highest BCUT2D eigenvalue weighted by atomic mass is 16.2. The molecule has 0 radical (unpaired) electrons. The lowest BCUT2D eigenvalue weighted by molar-refractivity contribution is 0.0954. The molecule has 2 rings (SSSR count). The van der Waals surface area contributed by atoms with Gasteiger partial charge in [0.2, 0.25) is 5.43 Å². The van der Waals surface area contributed by atoms with E-state index in [4.69, 9.17) is 5.73 Å². The molecule has 1 heterocycles. The van der Waals surface area contributed by atoms with Crippen molar-refractivity contribution in [3.63, 3.8) is 0 Å². The van der Waals surface area contributed by atoms with Crippen LogP contribution in [0.4, 0.5) is 5.69 Å². The van der Waals surface area contributed by atoms with E-state index in [1.807, 2.05) is 30.5 Å². The van der Waals surface area contributed by atoms with Gasteiger partial charge < -0.3 is 15.6 Å². The predicted molar refractivity (Wildman–Crippen MR) is 80.9 cm³/mol. The number of carbonyl (C=O) groups is 1. The zero-order valence-corrected chi connectivity index (χ0v) is 11.8. The van der Waals surface area contributed by atoms with Crippen molar-refractivity contribution in [2.45, 2.75) is 26.8 Å². The van der Waals surface area contributed by atoms with Gasteiger partial charge in [-0.3, -0.25) is 9.59 Å². The first-order valence-corrected chi connectivity index (χ1v) is 6.80. The summed E-state index contributed by atoms with van der Waals surface area (Å²) in [7, 11) is 0. The first-order valence-electron chi connectivity index (χ1n) is 6.80. The lowest BCUT2D eigenvalue weighted by atomic mass is 10.1. The number of fused-ring (bicyclic) bond motifs is 1.